The summed E-state index contributed by atoms with van der Waals surface area (Å²) in [4.78, 5) is 13.1. The molecule has 14 nitrogen and oxygen atoms in total. The quantitative estimate of drug-likeness (QED) is 0.0172. The number of rotatable bonds is 43. The summed E-state index contributed by atoms with van der Waals surface area (Å²) >= 11 is 0. The maximum atomic E-state index is 13.1. The number of unbranched alkanes of at least 4 members (excludes halogenated alkanes) is 5. The zero-order valence-corrected chi connectivity index (χ0v) is 46.4. The number of allylic oxidation sites excluding steroid dienone is 24. The highest BCUT2D eigenvalue weighted by molar-refractivity contribution is 5.69. The molecule has 0 amide bonds. The van der Waals surface area contributed by atoms with Crippen molar-refractivity contribution in [2.24, 2.45) is 0 Å². The van der Waals surface area contributed by atoms with E-state index in [1.807, 2.05) is 0 Å². The third-order valence-corrected chi connectivity index (χ3v) is 12.3. The van der Waals surface area contributed by atoms with Crippen LogP contribution in [-0.2, 0) is 33.2 Å². The lowest BCUT2D eigenvalue weighted by Gasteiger charge is -2.42. The van der Waals surface area contributed by atoms with E-state index >= 15 is 0 Å². The van der Waals surface area contributed by atoms with Gasteiger partial charge in [0.05, 0.1) is 26.4 Å². The van der Waals surface area contributed by atoms with Crippen molar-refractivity contribution in [3.05, 3.63) is 146 Å². The zero-order valence-electron chi connectivity index (χ0n) is 46.4. The second-order valence-corrected chi connectivity index (χ2v) is 19.0. The van der Waals surface area contributed by atoms with Crippen LogP contribution in [0.15, 0.2) is 146 Å². The minimum Gasteiger partial charge on any atom is -0.457 e. The molecule has 2 aliphatic rings. The summed E-state index contributed by atoms with van der Waals surface area (Å²) in [5.41, 5.74) is 0. The van der Waals surface area contributed by atoms with Crippen LogP contribution in [0.3, 0.4) is 0 Å². The van der Waals surface area contributed by atoms with Gasteiger partial charge in [-0.3, -0.25) is 4.79 Å². The summed E-state index contributed by atoms with van der Waals surface area (Å²) in [5, 5.41) is 72.3. The minimum atomic E-state index is -1.73. The van der Waals surface area contributed by atoms with Gasteiger partial charge in [-0.25, -0.2) is 0 Å². The molecule has 0 aromatic heterocycles. The molecule has 7 N–H and O–H groups in total. The zero-order chi connectivity index (χ0) is 55.8. The highest BCUT2D eigenvalue weighted by Crippen LogP contribution is 2.26. The van der Waals surface area contributed by atoms with E-state index in [0.717, 1.165) is 116 Å². The molecule has 0 bridgehead atoms. The van der Waals surface area contributed by atoms with Crippen LogP contribution in [0.2, 0.25) is 0 Å². The Kier molecular flexibility index (Phi) is 42.8. The fraction of sp³-hybridized carbons (Fsp3) is 0.603. The van der Waals surface area contributed by atoms with E-state index in [1.54, 1.807) is 0 Å². The van der Waals surface area contributed by atoms with Crippen molar-refractivity contribution in [2.45, 2.75) is 210 Å². The van der Waals surface area contributed by atoms with Crippen molar-refractivity contribution < 1.29 is 69.0 Å². The third-order valence-electron chi connectivity index (χ3n) is 12.3. The summed E-state index contributed by atoms with van der Waals surface area (Å²) in [6, 6.07) is 0. The number of esters is 1. The molecule has 11 unspecified atom stereocenters. The molecule has 2 saturated heterocycles. The fourth-order valence-electron chi connectivity index (χ4n) is 7.82. The highest BCUT2D eigenvalue weighted by atomic mass is 16.7. The highest BCUT2D eigenvalue weighted by Gasteiger charge is 2.47. The lowest BCUT2D eigenvalue weighted by atomic mass is 9.98. The van der Waals surface area contributed by atoms with Crippen LogP contribution in [0.4, 0.5) is 0 Å². The lowest BCUT2D eigenvalue weighted by molar-refractivity contribution is -0.332. The Hall–Kier alpha value is -4.13. The summed E-state index contributed by atoms with van der Waals surface area (Å²) in [6.45, 7) is 3.27. The molecule has 0 aromatic carbocycles. The molecule has 2 rings (SSSR count). The lowest BCUT2D eigenvalue weighted by Crippen LogP contribution is -2.61. The molecule has 0 radical (unpaired) electrons. The van der Waals surface area contributed by atoms with Gasteiger partial charge < -0.3 is 64.2 Å². The van der Waals surface area contributed by atoms with Gasteiger partial charge in [0.1, 0.15) is 54.9 Å². The molecule has 0 aliphatic carbocycles. The number of hydrogen-bond acceptors (Lipinski definition) is 14. The number of aliphatic hydroxyl groups excluding tert-OH is 7. The van der Waals surface area contributed by atoms with Crippen molar-refractivity contribution in [1.82, 2.24) is 0 Å². The molecule has 2 aliphatic heterocycles. The maximum Gasteiger partial charge on any atom is 0.306 e. The molecule has 11 atom stereocenters. The molecule has 0 aromatic rings. The van der Waals surface area contributed by atoms with Crippen molar-refractivity contribution in [3.8, 4) is 0 Å². The van der Waals surface area contributed by atoms with Crippen LogP contribution >= 0.6 is 0 Å². The Balaban J connectivity index is 1.78. The van der Waals surface area contributed by atoms with Crippen molar-refractivity contribution in [3.63, 3.8) is 0 Å². The summed E-state index contributed by atoms with van der Waals surface area (Å²) in [6.07, 6.45) is 53.3. The van der Waals surface area contributed by atoms with E-state index in [0.29, 0.717) is 13.0 Å². The van der Waals surface area contributed by atoms with E-state index in [9.17, 15) is 40.5 Å². The Morgan fingerprint density at radius 1 is 0.429 bits per heavy atom. The first-order chi connectivity index (χ1) is 37.6. The van der Waals surface area contributed by atoms with Gasteiger partial charge in [-0.05, 0) is 116 Å². The first-order valence-corrected chi connectivity index (χ1v) is 28.4. The van der Waals surface area contributed by atoms with Gasteiger partial charge in [-0.1, -0.05) is 166 Å². The monoisotopic (exact) mass is 1080 g/mol. The van der Waals surface area contributed by atoms with Crippen molar-refractivity contribution in [1.29, 1.82) is 0 Å². The second kappa shape index (κ2) is 47.8. The smallest absolute Gasteiger partial charge is 0.306 e. The number of aliphatic hydroxyl groups is 7. The first kappa shape index (κ1) is 69.0. The van der Waals surface area contributed by atoms with Gasteiger partial charge in [-0.15, -0.1) is 0 Å². The molecule has 434 valence electrons. The van der Waals surface area contributed by atoms with Crippen LogP contribution in [0.25, 0.3) is 0 Å². The number of ether oxygens (including phenoxy) is 6. The standard InChI is InChI=1S/C63H98O14/c1-3-5-7-9-11-13-15-17-19-21-23-25-27-29-31-33-35-37-39-41-43-45-47-72-49-52(50-73-62-61(71)59(69)57(67)54(77-62)51-74-63-60(70)58(68)56(66)53(48-64)76-63)75-55(65)46-44-42-40-38-36-34-32-30-28-26-24-22-20-18-16-14-12-10-8-6-4-2/h5-8,11-14,17-20,23-26,29-32,35-38,52-54,56-64,66-71H,3-4,9-10,15-16,21-22,27-28,33-34,39-51H2,1-2H3/b7-5-,8-6-,13-11-,14-12-,19-17-,20-18-,25-23-,26-24-,31-29-,32-30-,37-35-,38-36-. The van der Waals surface area contributed by atoms with E-state index in [2.05, 4.69) is 160 Å². The third kappa shape index (κ3) is 34.5. The van der Waals surface area contributed by atoms with E-state index < -0.39 is 86.7 Å². The van der Waals surface area contributed by atoms with Crippen LogP contribution in [0.5, 0.6) is 0 Å². The largest absolute Gasteiger partial charge is 0.457 e. The number of hydrogen-bond donors (Lipinski definition) is 7. The van der Waals surface area contributed by atoms with Crippen LogP contribution in [-0.4, -0.2) is 142 Å². The Bertz CT molecular complexity index is 1820. The fourth-order valence-corrected chi connectivity index (χ4v) is 7.82. The van der Waals surface area contributed by atoms with E-state index in [1.165, 1.54) is 0 Å². The van der Waals surface area contributed by atoms with Crippen molar-refractivity contribution >= 4 is 5.97 Å². The minimum absolute atomic E-state index is 0.00900. The molecular formula is C63H98O14. The Labute approximate surface area is 461 Å². The van der Waals surface area contributed by atoms with Gasteiger partial charge in [0.25, 0.3) is 0 Å². The first-order valence-electron chi connectivity index (χ1n) is 28.4. The molecule has 2 fully saturated rings. The topological polar surface area (TPSA) is 214 Å². The second-order valence-electron chi connectivity index (χ2n) is 19.0. The summed E-state index contributed by atoms with van der Waals surface area (Å²) in [7, 11) is 0. The van der Waals surface area contributed by atoms with E-state index in [4.69, 9.17) is 28.4 Å². The molecule has 2 heterocycles. The molecule has 77 heavy (non-hydrogen) atoms. The maximum absolute atomic E-state index is 13.1. The van der Waals surface area contributed by atoms with Crippen LogP contribution in [0.1, 0.15) is 142 Å². The molecule has 0 spiro atoms. The van der Waals surface area contributed by atoms with E-state index in [-0.39, 0.29) is 19.6 Å². The van der Waals surface area contributed by atoms with Crippen LogP contribution < -0.4 is 0 Å². The number of carbonyl (C=O) groups is 1. The summed E-state index contributed by atoms with van der Waals surface area (Å²) in [5.74, 6) is -0.437. The normalized spacial score (nSPS) is 25.4. The predicted octanol–water partition coefficient (Wildman–Crippen LogP) is 10.1. The average Bonchev–Trinajstić information content (AvgIpc) is 3.43. The molecule has 0 saturated carbocycles. The van der Waals surface area contributed by atoms with Gasteiger partial charge in [0.2, 0.25) is 0 Å². The van der Waals surface area contributed by atoms with Crippen molar-refractivity contribution in [2.75, 3.05) is 33.0 Å². The van der Waals surface area contributed by atoms with Gasteiger partial charge in [0, 0.05) is 13.0 Å². The Morgan fingerprint density at radius 3 is 1.23 bits per heavy atom. The SMILES string of the molecule is CC/C=C\C/C=C\C/C=C\C/C=C\C/C=C\C/C=C\CCCCCOCC(COC1OC(COC2OC(CO)C(O)C(O)C2O)C(O)C(O)C1O)OC(=O)CCCC/C=C\C/C=C\C/C=C\C/C=C\C/C=C\C/C=C\CC. The van der Waals surface area contributed by atoms with Crippen LogP contribution in [0, 0.1) is 0 Å². The van der Waals surface area contributed by atoms with Gasteiger partial charge >= 0.3 is 5.97 Å². The summed E-state index contributed by atoms with van der Waals surface area (Å²) < 4.78 is 34.3. The predicted molar refractivity (Wildman–Crippen MR) is 306 cm³/mol. The molecular weight excluding hydrogens is 981 g/mol. The van der Waals surface area contributed by atoms with Gasteiger partial charge in [0.15, 0.2) is 12.6 Å². The molecule has 14 heteroatoms. The Morgan fingerprint density at radius 2 is 0.805 bits per heavy atom. The number of carbonyl (C=O) groups excluding carboxylic acids is 1. The average molecular weight is 1080 g/mol. The van der Waals surface area contributed by atoms with Gasteiger partial charge in [-0.2, -0.15) is 0 Å².